The quantitative estimate of drug-likeness (QED) is 0.592. The molecule has 3 nitrogen and oxygen atoms in total. The van der Waals surface area contributed by atoms with E-state index in [9.17, 15) is 9.59 Å². The van der Waals surface area contributed by atoms with E-state index >= 15 is 0 Å². The van der Waals surface area contributed by atoms with Gasteiger partial charge in [-0.1, -0.05) is 43.6 Å². The van der Waals surface area contributed by atoms with E-state index in [4.69, 9.17) is 4.74 Å². The van der Waals surface area contributed by atoms with Crippen molar-refractivity contribution in [2.75, 3.05) is 0 Å². The van der Waals surface area contributed by atoms with Crippen LogP contribution in [0, 0.1) is 17.8 Å². The molecule has 0 aromatic carbocycles. The summed E-state index contributed by atoms with van der Waals surface area (Å²) >= 11 is 3.19. The number of carbonyl (C=O) groups excluding carboxylic acids is 2. The molecule has 96 valence electrons. The molecular weight excluding hydrogens is 284 g/mol. The number of carbonyl (C=O) groups is 2. The van der Waals surface area contributed by atoms with Crippen LogP contribution in [0.25, 0.3) is 0 Å². The van der Waals surface area contributed by atoms with Gasteiger partial charge in [0.15, 0.2) is 0 Å². The van der Waals surface area contributed by atoms with Gasteiger partial charge >= 0.3 is 5.97 Å². The van der Waals surface area contributed by atoms with Gasteiger partial charge in [-0.2, -0.15) is 0 Å². The second kappa shape index (κ2) is 5.80. The second-order valence-electron chi connectivity index (χ2n) is 5.11. The summed E-state index contributed by atoms with van der Waals surface area (Å²) in [5.41, 5.74) is 0.581. The minimum Gasteiger partial charge on any atom is -0.458 e. The number of halogens is 1. The molecule has 0 amide bonds. The standard InChI is InChI=1S/C13H19BrO3/c1-7(2)11(15)5-9-10(6-14)13(16)17-12(9)8(3)4/h6-9,12H,5H2,1-4H3/b10-6-/t9-,12+/m1/s1. The number of hydrogen-bond donors (Lipinski definition) is 0. The predicted octanol–water partition coefficient (Wildman–Crippen LogP) is 3.08. The fourth-order valence-electron chi connectivity index (χ4n) is 2.01. The average molecular weight is 303 g/mol. The summed E-state index contributed by atoms with van der Waals surface area (Å²) in [7, 11) is 0. The number of ketones is 1. The van der Waals surface area contributed by atoms with Crippen LogP contribution in [0.3, 0.4) is 0 Å². The Morgan fingerprint density at radius 3 is 2.41 bits per heavy atom. The van der Waals surface area contributed by atoms with Crippen LogP contribution in [-0.4, -0.2) is 17.9 Å². The van der Waals surface area contributed by atoms with E-state index in [0.717, 1.165) is 0 Å². The molecule has 1 saturated heterocycles. The smallest absolute Gasteiger partial charge is 0.335 e. The fraction of sp³-hybridized carbons (Fsp3) is 0.692. The molecule has 4 heteroatoms. The molecule has 0 N–H and O–H groups in total. The van der Waals surface area contributed by atoms with E-state index in [1.54, 1.807) is 4.99 Å². The largest absolute Gasteiger partial charge is 0.458 e. The van der Waals surface area contributed by atoms with Gasteiger partial charge < -0.3 is 4.74 Å². The zero-order valence-corrected chi connectivity index (χ0v) is 12.3. The van der Waals surface area contributed by atoms with E-state index in [2.05, 4.69) is 15.9 Å². The maximum atomic E-state index is 11.8. The van der Waals surface area contributed by atoms with Gasteiger partial charge in [-0.15, -0.1) is 0 Å². The van der Waals surface area contributed by atoms with Crippen molar-refractivity contribution in [1.82, 2.24) is 0 Å². The van der Waals surface area contributed by atoms with Crippen molar-refractivity contribution in [2.24, 2.45) is 17.8 Å². The van der Waals surface area contributed by atoms with Gasteiger partial charge in [0.25, 0.3) is 0 Å². The zero-order chi connectivity index (χ0) is 13.2. The molecule has 0 unspecified atom stereocenters. The Hall–Kier alpha value is -0.640. The van der Waals surface area contributed by atoms with Crippen molar-refractivity contribution in [3.8, 4) is 0 Å². The van der Waals surface area contributed by atoms with E-state index in [1.165, 1.54) is 0 Å². The third-order valence-corrected chi connectivity index (χ3v) is 3.61. The summed E-state index contributed by atoms with van der Waals surface area (Å²) in [6.45, 7) is 7.76. The molecule has 0 bridgehead atoms. The molecule has 1 rings (SSSR count). The molecule has 0 spiro atoms. The monoisotopic (exact) mass is 302 g/mol. The summed E-state index contributed by atoms with van der Waals surface area (Å²) in [6, 6.07) is 0. The minimum atomic E-state index is -0.304. The molecule has 0 saturated carbocycles. The van der Waals surface area contributed by atoms with Crippen molar-refractivity contribution >= 4 is 27.7 Å². The first-order valence-corrected chi connectivity index (χ1v) is 6.84. The number of ether oxygens (including phenoxy) is 1. The molecule has 1 aliphatic rings. The number of rotatable bonds is 4. The van der Waals surface area contributed by atoms with Gasteiger partial charge in [-0.25, -0.2) is 4.79 Å². The maximum Gasteiger partial charge on any atom is 0.335 e. The molecule has 0 radical (unpaired) electrons. The van der Waals surface area contributed by atoms with Crippen LogP contribution in [0.1, 0.15) is 34.1 Å². The Kier molecular flexibility index (Phi) is 4.92. The highest BCUT2D eigenvalue weighted by molar-refractivity contribution is 9.11. The molecule has 0 aromatic heterocycles. The lowest BCUT2D eigenvalue weighted by Gasteiger charge is -2.21. The molecule has 1 aliphatic heterocycles. The molecule has 1 heterocycles. The Labute approximate surface area is 111 Å². The van der Waals surface area contributed by atoms with Crippen molar-refractivity contribution in [1.29, 1.82) is 0 Å². The summed E-state index contributed by atoms with van der Waals surface area (Å²) < 4.78 is 5.33. The normalized spacial score (nSPS) is 27.0. The van der Waals surface area contributed by atoms with Gasteiger partial charge in [0, 0.05) is 18.3 Å². The number of hydrogen-bond acceptors (Lipinski definition) is 3. The highest BCUT2D eigenvalue weighted by Gasteiger charge is 2.42. The summed E-state index contributed by atoms with van der Waals surface area (Å²) in [4.78, 5) is 25.1. The van der Waals surface area contributed by atoms with Crippen LogP contribution < -0.4 is 0 Å². The van der Waals surface area contributed by atoms with E-state index in [1.807, 2.05) is 27.7 Å². The van der Waals surface area contributed by atoms with Gasteiger partial charge in [0.05, 0.1) is 5.57 Å². The SMILES string of the molecule is CC(C)C(=O)C[C@@H]1/C(=C/Br)C(=O)O[C@H]1C(C)C. The molecule has 17 heavy (non-hydrogen) atoms. The number of esters is 1. The van der Waals surface area contributed by atoms with Crippen molar-refractivity contribution in [3.05, 3.63) is 10.6 Å². The molecular formula is C13H19BrO3. The second-order valence-corrected chi connectivity index (χ2v) is 5.57. The number of Topliss-reactive ketones (excluding diaryl/α,β-unsaturated/α-hetero) is 1. The Morgan fingerprint density at radius 1 is 1.41 bits per heavy atom. The fourth-order valence-corrected chi connectivity index (χ4v) is 2.53. The Morgan fingerprint density at radius 2 is 2.00 bits per heavy atom. The van der Waals surface area contributed by atoms with Crippen LogP contribution in [0.5, 0.6) is 0 Å². The summed E-state index contributed by atoms with van der Waals surface area (Å²) in [5.74, 6) is -0.0336. The summed E-state index contributed by atoms with van der Waals surface area (Å²) in [5, 5.41) is 0. The van der Waals surface area contributed by atoms with Gasteiger partial charge in [0.2, 0.25) is 0 Å². The molecule has 0 aliphatic carbocycles. The summed E-state index contributed by atoms with van der Waals surface area (Å²) in [6.07, 6.45) is 0.193. The zero-order valence-electron chi connectivity index (χ0n) is 10.7. The van der Waals surface area contributed by atoms with Crippen molar-refractivity contribution in [3.63, 3.8) is 0 Å². The van der Waals surface area contributed by atoms with Gasteiger partial charge in [-0.05, 0) is 10.9 Å². The number of cyclic esters (lactones) is 1. The molecule has 0 aromatic rings. The highest BCUT2D eigenvalue weighted by atomic mass is 79.9. The van der Waals surface area contributed by atoms with Crippen LogP contribution in [0.15, 0.2) is 10.6 Å². The molecule has 2 atom stereocenters. The first-order chi connectivity index (χ1) is 7.88. The van der Waals surface area contributed by atoms with E-state index in [0.29, 0.717) is 12.0 Å². The van der Waals surface area contributed by atoms with Crippen LogP contribution in [0.2, 0.25) is 0 Å². The highest BCUT2D eigenvalue weighted by Crippen LogP contribution is 2.36. The van der Waals surface area contributed by atoms with Crippen LogP contribution >= 0.6 is 15.9 Å². The third kappa shape index (κ3) is 3.18. The van der Waals surface area contributed by atoms with Crippen molar-refractivity contribution < 1.29 is 14.3 Å². The van der Waals surface area contributed by atoms with E-state index < -0.39 is 0 Å². The van der Waals surface area contributed by atoms with E-state index in [-0.39, 0.29) is 35.6 Å². The lowest BCUT2D eigenvalue weighted by molar-refractivity contribution is -0.141. The average Bonchev–Trinajstić information content (AvgIpc) is 2.54. The van der Waals surface area contributed by atoms with Gasteiger partial charge in [-0.3, -0.25) is 4.79 Å². The topological polar surface area (TPSA) is 43.4 Å². The first kappa shape index (κ1) is 14.4. The molecule has 1 fully saturated rings. The Balaban J connectivity index is 2.90. The lowest BCUT2D eigenvalue weighted by Crippen LogP contribution is -2.26. The van der Waals surface area contributed by atoms with Gasteiger partial charge in [0.1, 0.15) is 11.9 Å². The third-order valence-electron chi connectivity index (χ3n) is 3.11. The van der Waals surface area contributed by atoms with Crippen LogP contribution in [-0.2, 0) is 14.3 Å². The first-order valence-electron chi connectivity index (χ1n) is 5.92. The Bertz CT molecular complexity index is 345. The maximum absolute atomic E-state index is 11.8. The van der Waals surface area contributed by atoms with Crippen LogP contribution in [0.4, 0.5) is 0 Å². The lowest BCUT2D eigenvalue weighted by atomic mass is 9.84. The van der Waals surface area contributed by atoms with Crippen molar-refractivity contribution in [2.45, 2.75) is 40.2 Å². The predicted molar refractivity (Wildman–Crippen MR) is 69.7 cm³/mol. The minimum absolute atomic E-state index is 0.00455.